The van der Waals surface area contributed by atoms with Crippen LogP contribution in [0.15, 0.2) is 47.6 Å². The van der Waals surface area contributed by atoms with Crippen molar-refractivity contribution in [3.8, 4) is 17.4 Å². The third-order valence-corrected chi connectivity index (χ3v) is 3.84. The summed E-state index contributed by atoms with van der Waals surface area (Å²) in [5.41, 5.74) is 1.01. The molecule has 0 spiro atoms. The van der Waals surface area contributed by atoms with Crippen molar-refractivity contribution >= 4 is 29.9 Å². The zero-order valence-electron chi connectivity index (χ0n) is 15.5. The van der Waals surface area contributed by atoms with Gasteiger partial charge in [0.15, 0.2) is 17.5 Å². The van der Waals surface area contributed by atoms with Crippen LogP contribution >= 0.6 is 24.0 Å². The largest absolute Gasteiger partial charge is 0.486 e. The summed E-state index contributed by atoms with van der Waals surface area (Å²) < 4.78 is 16.8. The van der Waals surface area contributed by atoms with Gasteiger partial charge in [0.05, 0.1) is 20.2 Å². The maximum Gasteiger partial charge on any atom is 0.212 e. The monoisotopic (exact) mass is 484 g/mol. The lowest BCUT2D eigenvalue weighted by Gasteiger charge is -2.27. The maximum atomic E-state index is 5.95. The second kappa shape index (κ2) is 10.8. The van der Waals surface area contributed by atoms with Crippen molar-refractivity contribution in [2.24, 2.45) is 4.99 Å². The van der Waals surface area contributed by atoms with Gasteiger partial charge in [-0.25, -0.2) is 9.98 Å². The van der Waals surface area contributed by atoms with E-state index in [0.29, 0.717) is 25.6 Å². The number of fused-ring (bicyclic) bond motifs is 1. The fourth-order valence-electron chi connectivity index (χ4n) is 2.51. The van der Waals surface area contributed by atoms with E-state index in [1.807, 2.05) is 43.3 Å². The fraction of sp³-hybridized carbons (Fsp3) is 0.368. The molecule has 0 fully saturated rings. The van der Waals surface area contributed by atoms with Crippen LogP contribution in [0.3, 0.4) is 0 Å². The third-order valence-electron chi connectivity index (χ3n) is 3.84. The summed E-state index contributed by atoms with van der Waals surface area (Å²) in [6.07, 6.45) is 1.69. The summed E-state index contributed by atoms with van der Waals surface area (Å²) in [7, 11) is 1.60. The zero-order chi connectivity index (χ0) is 18.2. The van der Waals surface area contributed by atoms with Crippen molar-refractivity contribution < 1.29 is 14.2 Å². The predicted octanol–water partition coefficient (Wildman–Crippen LogP) is 2.60. The second-order valence-electron chi connectivity index (χ2n) is 5.78. The van der Waals surface area contributed by atoms with Crippen molar-refractivity contribution in [1.29, 1.82) is 0 Å². The van der Waals surface area contributed by atoms with E-state index >= 15 is 0 Å². The number of aromatic nitrogens is 1. The molecule has 7 nitrogen and oxygen atoms in total. The van der Waals surface area contributed by atoms with Crippen LogP contribution in [-0.2, 0) is 6.54 Å². The highest BCUT2D eigenvalue weighted by Crippen LogP contribution is 2.30. The van der Waals surface area contributed by atoms with Gasteiger partial charge in [-0.1, -0.05) is 18.2 Å². The normalized spacial score (nSPS) is 15.5. The van der Waals surface area contributed by atoms with Crippen LogP contribution in [0.25, 0.3) is 0 Å². The smallest absolute Gasteiger partial charge is 0.212 e. The molecule has 3 rings (SSSR count). The third kappa shape index (κ3) is 6.16. The number of para-hydroxylation sites is 2. The highest BCUT2D eigenvalue weighted by atomic mass is 127. The Morgan fingerprint density at radius 3 is 2.74 bits per heavy atom. The topological polar surface area (TPSA) is 77.0 Å². The number of hydrogen-bond donors (Lipinski definition) is 2. The number of guanidine groups is 1. The van der Waals surface area contributed by atoms with Gasteiger partial charge in [-0.15, -0.1) is 24.0 Å². The minimum Gasteiger partial charge on any atom is -0.486 e. The Morgan fingerprint density at radius 2 is 2.04 bits per heavy atom. The number of halogens is 1. The summed E-state index contributed by atoms with van der Waals surface area (Å²) in [6, 6.07) is 11.5. The molecule has 1 unspecified atom stereocenters. The van der Waals surface area contributed by atoms with Crippen LogP contribution in [-0.4, -0.2) is 43.9 Å². The fourth-order valence-corrected chi connectivity index (χ4v) is 2.51. The molecule has 1 aliphatic heterocycles. The lowest BCUT2D eigenvalue weighted by Crippen LogP contribution is -2.45. The van der Waals surface area contributed by atoms with Gasteiger partial charge in [-0.2, -0.15) is 0 Å². The molecule has 2 aromatic rings. The number of pyridine rings is 1. The van der Waals surface area contributed by atoms with Crippen LogP contribution in [0.5, 0.6) is 17.4 Å². The molecule has 0 aliphatic carbocycles. The van der Waals surface area contributed by atoms with Gasteiger partial charge < -0.3 is 24.8 Å². The van der Waals surface area contributed by atoms with Gasteiger partial charge in [0.1, 0.15) is 12.7 Å². The first-order valence-electron chi connectivity index (χ1n) is 8.68. The van der Waals surface area contributed by atoms with E-state index < -0.39 is 0 Å². The van der Waals surface area contributed by atoms with Gasteiger partial charge in [0.2, 0.25) is 5.88 Å². The Morgan fingerprint density at radius 1 is 1.22 bits per heavy atom. The van der Waals surface area contributed by atoms with E-state index in [2.05, 4.69) is 20.6 Å². The van der Waals surface area contributed by atoms with Crippen LogP contribution in [0, 0.1) is 0 Å². The van der Waals surface area contributed by atoms with Crippen LogP contribution in [0.2, 0.25) is 0 Å². The Bertz CT molecular complexity index is 740. The molecule has 1 aliphatic rings. The quantitative estimate of drug-likeness (QED) is 0.373. The predicted molar refractivity (Wildman–Crippen MR) is 115 cm³/mol. The number of nitrogens with zero attached hydrogens (tertiary/aromatic N) is 2. The number of rotatable bonds is 6. The average Bonchev–Trinajstić information content (AvgIpc) is 2.70. The SMILES string of the molecule is CCNC(=NCc1ccc(OC)nc1)NCC1COc2ccccc2O1.I. The minimum absolute atomic E-state index is 0. The summed E-state index contributed by atoms with van der Waals surface area (Å²) in [5.74, 6) is 2.89. The lowest BCUT2D eigenvalue weighted by atomic mass is 10.2. The van der Waals surface area contributed by atoms with Gasteiger partial charge in [0, 0.05) is 18.8 Å². The van der Waals surface area contributed by atoms with Gasteiger partial charge in [0.25, 0.3) is 0 Å². The first-order chi connectivity index (χ1) is 12.8. The number of methoxy groups -OCH3 is 1. The van der Waals surface area contributed by atoms with E-state index in [9.17, 15) is 0 Å². The van der Waals surface area contributed by atoms with Crippen molar-refractivity contribution in [2.75, 3.05) is 26.8 Å². The molecule has 0 radical (unpaired) electrons. The van der Waals surface area contributed by atoms with Gasteiger partial charge >= 0.3 is 0 Å². The Balaban J connectivity index is 0.00000261. The minimum atomic E-state index is -0.0728. The molecule has 0 saturated heterocycles. The molecule has 1 atom stereocenters. The van der Waals surface area contributed by atoms with Crippen molar-refractivity contribution in [2.45, 2.75) is 19.6 Å². The number of hydrogen-bond acceptors (Lipinski definition) is 5. The van der Waals surface area contributed by atoms with Crippen LogP contribution in [0.4, 0.5) is 0 Å². The average molecular weight is 484 g/mol. The second-order valence-corrected chi connectivity index (χ2v) is 5.78. The number of benzene rings is 1. The zero-order valence-corrected chi connectivity index (χ0v) is 17.8. The van der Waals surface area contributed by atoms with Crippen molar-refractivity contribution in [1.82, 2.24) is 15.6 Å². The summed E-state index contributed by atoms with van der Waals surface area (Å²) in [5, 5.41) is 6.53. The van der Waals surface area contributed by atoms with Gasteiger partial charge in [-0.3, -0.25) is 0 Å². The molecule has 0 amide bonds. The Hall–Kier alpha value is -2.23. The molecule has 1 aromatic carbocycles. The van der Waals surface area contributed by atoms with E-state index in [-0.39, 0.29) is 30.1 Å². The standard InChI is InChI=1S/C19H24N4O3.HI/c1-3-20-19(22-11-14-8-9-18(24-2)21-10-14)23-12-15-13-25-16-6-4-5-7-17(16)26-15;/h4-10,15H,3,11-13H2,1-2H3,(H2,20,22,23);1H. The molecular formula is C19H25IN4O3. The number of nitrogens with one attached hydrogen (secondary N) is 2. The highest BCUT2D eigenvalue weighted by Gasteiger charge is 2.20. The van der Waals surface area contributed by atoms with Gasteiger partial charge in [-0.05, 0) is 24.6 Å². The van der Waals surface area contributed by atoms with Crippen LogP contribution in [0.1, 0.15) is 12.5 Å². The first kappa shape index (κ1) is 21.1. The van der Waals surface area contributed by atoms with E-state index in [1.165, 1.54) is 0 Å². The van der Waals surface area contributed by atoms with E-state index in [4.69, 9.17) is 14.2 Å². The summed E-state index contributed by atoms with van der Waals surface area (Å²) in [4.78, 5) is 8.78. The molecule has 2 heterocycles. The van der Waals surface area contributed by atoms with Crippen molar-refractivity contribution in [3.63, 3.8) is 0 Å². The van der Waals surface area contributed by atoms with E-state index in [1.54, 1.807) is 13.3 Å². The molecule has 1 aromatic heterocycles. The lowest BCUT2D eigenvalue weighted by molar-refractivity contribution is 0.0936. The molecule has 8 heteroatoms. The van der Waals surface area contributed by atoms with E-state index in [0.717, 1.165) is 29.6 Å². The number of aliphatic imine (C=N–C) groups is 1. The summed E-state index contributed by atoms with van der Waals surface area (Å²) in [6.45, 7) is 4.43. The first-order valence-corrected chi connectivity index (χ1v) is 8.68. The molecule has 146 valence electrons. The molecule has 27 heavy (non-hydrogen) atoms. The molecule has 0 saturated carbocycles. The highest BCUT2D eigenvalue weighted by molar-refractivity contribution is 14.0. The molecular weight excluding hydrogens is 459 g/mol. The Kier molecular flexibility index (Phi) is 8.43. The van der Waals surface area contributed by atoms with Crippen LogP contribution < -0.4 is 24.8 Å². The molecule has 2 N–H and O–H groups in total. The molecule has 0 bridgehead atoms. The Labute approximate surface area is 176 Å². The maximum absolute atomic E-state index is 5.95. The number of ether oxygens (including phenoxy) is 3. The van der Waals surface area contributed by atoms with Crippen molar-refractivity contribution in [3.05, 3.63) is 48.2 Å². The summed E-state index contributed by atoms with van der Waals surface area (Å²) >= 11 is 0.